The molecule has 0 saturated heterocycles. The van der Waals surface area contributed by atoms with E-state index in [-0.39, 0.29) is 17.7 Å². The van der Waals surface area contributed by atoms with E-state index in [9.17, 15) is 28.1 Å². The van der Waals surface area contributed by atoms with Crippen molar-refractivity contribution in [3.63, 3.8) is 0 Å². The Kier molecular flexibility index (Phi) is 7.95. The van der Waals surface area contributed by atoms with E-state index in [1.807, 2.05) is 0 Å². The number of rotatable bonds is 9. The van der Waals surface area contributed by atoms with Crippen LogP contribution in [-0.4, -0.2) is 37.3 Å². The molecule has 35 heavy (non-hydrogen) atoms. The Labute approximate surface area is 199 Å². The number of nitrogens with zero attached hydrogens (tertiary/aromatic N) is 2. The largest absolute Gasteiger partial charge is 0.497 e. The number of benzene rings is 3. The van der Waals surface area contributed by atoms with Gasteiger partial charge in [0.1, 0.15) is 17.5 Å². The Hall–Kier alpha value is -4.08. The predicted molar refractivity (Wildman–Crippen MR) is 123 cm³/mol. The number of amides is 1. The standard InChI is InChI=1S/C25H23F3N2O5/c1-34-20-12-8-17(9-13-20)16-22(30(32)33)23(18-6-4-3-5-7-18)29(24(31)25(26,27)28)19-10-14-21(35-2)15-11-19/h3-15,22-23H,16H2,1-2H3/t22-,23+/m0/s1. The van der Waals surface area contributed by atoms with Crippen molar-refractivity contribution in [1.82, 2.24) is 0 Å². The summed E-state index contributed by atoms with van der Waals surface area (Å²) in [6, 6.07) is 16.2. The van der Waals surface area contributed by atoms with Crippen LogP contribution in [0.25, 0.3) is 0 Å². The zero-order valence-electron chi connectivity index (χ0n) is 18.9. The molecule has 0 N–H and O–H groups in total. The van der Waals surface area contributed by atoms with Crippen molar-refractivity contribution in [3.8, 4) is 11.5 Å². The van der Waals surface area contributed by atoms with Crippen LogP contribution in [0.5, 0.6) is 11.5 Å². The number of carbonyl (C=O) groups excluding carboxylic acids is 1. The highest BCUT2D eigenvalue weighted by Gasteiger charge is 2.49. The third-order valence-electron chi connectivity index (χ3n) is 5.47. The van der Waals surface area contributed by atoms with Crippen LogP contribution < -0.4 is 14.4 Å². The average molecular weight is 488 g/mol. The number of alkyl halides is 3. The van der Waals surface area contributed by atoms with Crippen molar-refractivity contribution in [2.75, 3.05) is 19.1 Å². The first-order valence-electron chi connectivity index (χ1n) is 10.5. The van der Waals surface area contributed by atoms with Gasteiger partial charge in [0.25, 0.3) is 0 Å². The molecule has 184 valence electrons. The molecule has 0 radical (unpaired) electrons. The van der Waals surface area contributed by atoms with Gasteiger partial charge in [-0.05, 0) is 47.5 Å². The summed E-state index contributed by atoms with van der Waals surface area (Å²) < 4.78 is 51.5. The molecule has 1 amide bonds. The number of halogens is 3. The number of hydrogen-bond donors (Lipinski definition) is 0. The second-order valence-electron chi connectivity index (χ2n) is 7.63. The van der Waals surface area contributed by atoms with Crippen molar-refractivity contribution >= 4 is 11.6 Å². The number of carbonyl (C=O) groups is 1. The molecule has 0 unspecified atom stereocenters. The summed E-state index contributed by atoms with van der Waals surface area (Å²) in [5.41, 5.74) is 0.544. The molecule has 0 aromatic heterocycles. The quantitative estimate of drug-likeness (QED) is 0.304. The number of anilines is 1. The van der Waals surface area contributed by atoms with Gasteiger partial charge in [-0.1, -0.05) is 42.5 Å². The van der Waals surface area contributed by atoms with Crippen molar-refractivity contribution in [1.29, 1.82) is 0 Å². The summed E-state index contributed by atoms with van der Waals surface area (Å²) in [6.07, 6.45) is -5.50. The topological polar surface area (TPSA) is 81.9 Å². The van der Waals surface area contributed by atoms with Crippen LogP contribution in [0.1, 0.15) is 17.2 Å². The Morgan fingerprint density at radius 1 is 0.914 bits per heavy atom. The molecule has 0 heterocycles. The first-order chi connectivity index (χ1) is 16.7. The minimum absolute atomic E-state index is 0.149. The van der Waals surface area contributed by atoms with Crippen molar-refractivity contribution < 1.29 is 32.4 Å². The van der Waals surface area contributed by atoms with E-state index in [0.29, 0.717) is 22.0 Å². The molecule has 7 nitrogen and oxygen atoms in total. The maximum absolute atomic E-state index is 13.8. The van der Waals surface area contributed by atoms with Crippen LogP contribution in [0.15, 0.2) is 78.9 Å². The molecule has 0 saturated carbocycles. The van der Waals surface area contributed by atoms with Crippen LogP contribution in [0.2, 0.25) is 0 Å². The molecule has 0 aliphatic heterocycles. The molecule has 2 atom stereocenters. The molecule has 3 aromatic rings. The van der Waals surface area contributed by atoms with E-state index in [1.54, 1.807) is 42.5 Å². The molecule has 0 aliphatic carbocycles. The summed E-state index contributed by atoms with van der Waals surface area (Å²) in [5, 5.41) is 12.3. The number of nitro groups is 1. The lowest BCUT2D eigenvalue weighted by Crippen LogP contribution is -2.49. The van der Waals surface area contributed by atoms with E-state index < -0.39 is 29.1 Å². The number of methoxy groups -OCH3 is 2. The fraction of sp³-hybridized carbons (Fsp3) is 0.240. The lowest BCUT2D eigenvalue weighted by molar-refractivity contribution is -0.526. The van der Waals surface area contributed by atoms with Gasteiger partial charge in [-0.25, -0.2) is 0 Å². The average Bonchev–Trinajstić information content (AvgIpc) is 2.86. The summed E-state index contributed by atoms with van der Waals surface area (Å²) in [5.74, 6) is -1.33. The van der Waals surface area contributed by atoms with Crippen LogP contribution >= 0.6 is 0 Å². The molecule has 0 aliphatic rings. The fourth-order valence-electron chi connectivity index (χ4n) is 3.78. The van der Waals surface area contributed by atoms with Gasteiger partial charge in [-0.3, -0.25) is 19.8 Å². The Bertz CT molecular complexity index is 1140. The minimum atomic E-state index is -5.27. The molecule has 0 bridgehead atoms. The summed E-state index contributed by atoms with van der Waals surface area (Å²) in [7, 11) is 2.85. The highest BCUT2D eigenvalue weighted by Crippen LogP contribution is 2.37. The zero-order chi connectivity index (χ0) is 25.6. The molecular formula is C25H23F3N2O5. The van der Waals surface area contributed by atoms with Crippen LogP contribution in [0.4, 0.5) is 18.9 Å². The van der Waals surface area contributed by atoms with Gasteiger partial charge in [-0.15, -0.1) is 0 Å². The lowest BCUT2D eigenvalue weighted by atomic mass is 9.92. The van der Waals surface area contributed by atoms with E-state index in [2.05, 4.69) is 0 Å². The van der Waals surface area contributed by atoms with Crippen molar-refractivity contribution in [2.45, 2.75) is 24.7 Å². The normalized spacial score (nSPS) is 12.9. The third kappa shape index (κ3) is 6.08. The zero-order valence-corrected chi connectivity index (χ0v) is 18.9. The van der Waals surface area contributed by atoms with Gasteiger partial charge in [0.15, 0.2) is 0 Å². The fourth-order valence-corrected chi connectivity index (χ4v) is 3.78. The molecule has 0 fully saturated rings. The van der Waals surface area contributed by atoms with Crippen LogP contribution in [0, 0.1) is 10.1 Å². The molecular weight excluding hydrogens is 465 g/mol. The van der Waals surface area contributed by atoms with E-state index in [1.165, 1.54) is 50.6 Å². The SMILES string of the molecule is COc1ccc(C[C@@H]([C@@H](c2ccccc2)N(C(=O)C(F)(F)F)c2ccc(OC)cc2)[N+](=O)[O-])cc1. The van der Waals surface area contributed by atoms with E-state index in [0.717, 1.165) is 0 Å². The van der Waals surface area contributed by atoms with Gasteiger partial charge in [0, 0.05) is 17.0 Å². The predicted octanol–water partition coefficient (Wildman–Crippen LogP) is 5.23. The highest BCUT2D eigenvalue weighted by atomic mass is 19.4. The van der Waals surface area contributed by atoms with Gasteiger partial charge in [0.2, 0.25) is 6.04 Å². The first-order valence-corrected chi connectivity index (χ1v) is 10.5. The molecule has 3 aromatic carbocycles. The lowest BCUT2D eigenvalue weighted by Gasteiger charge is -2.34. The van der Waals surface area contributed by atoms with Crippen molar-refractivity contribution in [3.05, 3.63) is 100 Å². The molecule has 0 spiro atoms. The summed E-state index contributed by atoms with van der Waals surface area (Å²) in [4.78, 5) is 24.8. The Morgan fingerprint density at radius 2 is 1.43 bits per heavy atom. The summed E-state index contributed by atoms with van der Waals surface area (Å²) in [6.45, 7) is 0. The second kappa shape index (κ2) is 10.9. The Balaban J connectivity index is 2.18. The van der Waals surface area contributed by atoms with Crippen LogP contribution in [-0.2, 0) is 11.2 Å². The smallest absolute Gasteiger partial charge is 0.471 e. The Morgan fingerprint density at radius 3 is 1.89 bits per heavy atom. The maximum atomic E-state index is 13.8. The van der Waals surface area contributed by atoms with Gasteiger partial charge < -0.3 is 9.47 Å². The van der Waals surface area contributed by atoms with Gasteiger partial charge in [0.05, 0.1) is 14.2 Å². The second-order valence-corrected chi connectivity index (χ2v) is 7.63. The first kappa shape index (κ1) is 25.5. The van der Waals surface area contributed by atoms with Gasteiger partial charge in [-0.2, -0.15) is 13.2 Å². The highest BCUT2D eigenvalue weighted by molar-refractivity contribution is 5.98. The van der Waals surface area contributed by atoms with E-state index in [4.69, 9.17) is 9.47 Å². The number of hydrogen-bond acceptors (Lipinski definition) is 5. The van der Waals surface area contributed by atoms with Gasteiger partial charge >= 0.3 is 12.1 Å². The third-order valence-corrected chi connectivity index (χ3v) is 5.47. The van der Waals surface area contributed by atoms with E-state index >= 15 is 0 Å². The monoisotopic (exact) mass is 488 g/mol. The summed E-state index contributed by atoms with van der Waals surface area (Å²) >= 11 is 0. The van der Waals surface area contributed by atoms with Crippen molar-refractivity contribution in [2.24, 2.45) is 0 Å². The molecule has 10 heteroatoms. The maximum Gasteiger partial charge on any atom is 0.471 e. The minimum Gasteiger partial charge on any atom is -0.497 e. The molecule has 3 rings (SSSR count). The number of ether oxygens (including phenoxy) is 2. The van der Waals surface area contributed by atoms with Crippen LogP contribution in [0.3, 0.4) is 0 Å².